The van der Waals surface area contributed by atoms with Crippen LogP contribution < -0.4 is 18.9 Å². The van der Waals surface area contributed by atoms with Gasteiger partial charge in [-0.25, -0.2) is 0 Å². The van der Waals surface area contributed by atoms with Gasteiger partial charge in [-0.3, -0.25) is 4.79 Å². The average Bonchev–Trinajstić information content (AvgIpc) is 3.37. The van der Waals surface area contributed by atoms with Gasteiger partial charge in [-0.15, -0.1) is 0 Å². The van der Waals surface area contributed by atoms with E-state index in [1.807, 2.05) is 25.1 Å². The monoisotopic (exact) mass is 410 g/mol. The van der Waals surface area contributed by atoms with Crippen molar-refractivity contribution < 1.29 is 28.5 Å². The normalized spacial score (nSPS) is 26.1. The van der Waals surface area contributed by atoms with Gasteiger partial charge in [0.25, 0.3) is 0 Å². The molecule has 3 aliphatic rings. The lowest BCUT2D eigenvalue weighted by Gasteiger charge is -2.39. The average molecular weight is 410 g/mol. The first-order valence-electron chi connectivity index (χ1n) is 10.4. The number of rotatable bonds is 4. The zero-order chi connectivity index (χ0) is 21.0. The summed E-state index contributed by atoms with van der Waals surface area (Å²) in [5.74, 6) is 2.79. The van der Waals surface area contributed by atoms with E-state index < -0.39 is 0 Å². The molecule has 1 aliphatic carbocycles. The van der Waals surface area contributed by atoms with Crippen molar-refractivity contribution in [1.29, 1.82) is 0 Å². The first-order chi connectivity index (χ1) is 14.6. The SMILES string of the molecule is CC[C@@H]1c2cc3c(cc2[C@@H](c2cc(OC)c(C)c(OC)c2)[C@H]2C(=O)OC[C@@H]21)OCO3. The summed E-state index contributed by atoms with van der Waals surface area (Å²) in [7, 11) is 3.30. The third kappa shape index (κ3) is 2.66. The highest BCUT2D eigenvalue weighted by Gasteiger charge is 2.51. The van der Waals surface area contributed by atoms with Crippen LogP contribution in [0, 0.1) is 18.8 Å². The lowest BCUT2D eigenvalue weighted by molar-refractivity contribution is -0.141. The molecule has 0 N–H and O–H groups in total. The number of hydrogen-bond donors (Lipinski definition) is 0. The Labute approximate surface area is 176 Å². The van der Waals surface area contributed by atoms with Crippen LogP contribution in [0.4, 0.5) is 0 Å². The summed E-state index contributed by atoms with van der Waals surface area (Å²) < 4.78 is 28.2. The minimum atomic E-state index is -0.250. The number of ether oxygens (including phenoxy) is 5. The summed E-state index contributed by atoms with van der Waals surface area (Å²) in [6, 6.07) is 8.18. The van der Waals surface area contributed by atoms with Gasteiger partial charge < -0.3 is 23.7 Å². The van der Waals surface area contributed by atoms with Crippen molar-refractivity contribution >= 4 is 5.97 Å². The van der Waals surface area contributed by atoms with Crippen molar-refractivity contribution in [3.05, 3.63) is 46.5 Å². The van der Waals surface area contributed by atoms with E-state index in [0.717, 1.165) is 46.1 Å². The Morgan fingerprint density at radius 1 is 0.967 bits per heavy atom. The second kappa shape index (κ2) is 7.11. The highest BCUT2D eigenvalue weighted by Crippen LogP contribution is 2.56. The molecule has 0 amide bonds. The highest BCUT2D eigenvalue weighted by atomic mass is 16.7. The third-order valence-corrected chi connectivity index (χ3v) is 6.91. The molecule has 2 aliphatic heterocycles. The van der Waals surface area contributed by atoms with E-state index in [0.29, 0.717) is 6.61 Å². The number of benzene rings is 2. The van der Waals surface area contributed by atoms with Crippen molar-refractivity contribution in [3.8, 4) is 23.0 Å². The van der Waals surface area contributed by atoms with Crippen molar-refractivity contribution in [2.24, 2.45) is 11.8 Å². The maximum absolute atomic E-state index is 12.9. The quantitative estimate of drug-likeness (QED) is 0.705. The molecule has 2 heterocycles. The molecule has 1 fully saturated rings. The molecular formula is C24H26O6. The molecule has 0 saturated carbocycles. The molecule has 0 bridgehead atoms. The summed E-state index contributed by atoms with van der Waals surface area (Å²) >= 11 is 0. The van der Waals surface area contributed by atoms with Crippen LogP contribution >= 0.6 is 0 Å². The Morgan fingerprint density at radius 3 is 2.20 bits per heavy atom. The number of methoxy groups -OCH3 is 2. The Hall–Kier alpha value is -2.89. The van der Waals surface area contributed by atoms with Crippen LogP contribution in [-0.4, -0.2) is 33.6 Å². The standard InChI is InChI=1S/C24H26O6/c1-5-14-15-8-20-21(30-11-29-20)9-16(15)22(23-17(14)10-28-24(23)25)13-6-18(26-3)12(2)19(7-13)27-4/h6-9,14,17,22-23H,5,10-11H2,1-4H3/t14-,17-,22-,23+/m1/s1. The summed E-state index contributed by atoms with van der Waals surface area (Å²) in [6.45, 7) is 4.80. The number of hydrogen-bond acceptors (Lipinski definition) is 6. The van der Waals surface area contributed by atoms with E-state index >= 15 is 0 Å². The maximum Gasteiger partial charge on any atom is 0.310 e. The second-order valence-corrected chi connectivity index (χ2v) is 8.20. The van der Waals surface area contributed by atoms with Crippen LogP contribution in [0.25, 0.3) is 0 Å². The predicted molar refractivity (Wildman–Crippen MR) is 110 cm³/mol. The molecule has 0 aromatic heterocycles. The molecule has 2 aromatic carbocycles. The van der Waals surface area contributed by atoms with E-state index in [2.05, 4.69) is 13.0 Å². The highest BCUT2D eigenvalue weighted by molar-refractivity contribution is 5.79. The van der Waals surface area contributed by atoms with Crippen LogP contribution in [0.2, 0.25) is 0 Å². The molecule has 6 nitrogen and oxygen atoms in total. The fraction of sp³-hybridized carbons (Fsp3) is 0.458. The van der Waals surface area contributed by atoms with E-state index in [-0.39, 0.29) is 36.4 Å². The fourth-order valence-corrected chi connectivity index (χ4v) is 5.49. The number of cyclic esters (lactones) is 1. The van der Waals surface area contributed by atoms with Crippen LogP contribution in [0.3, 0.4) is 0 Å². The van der Waals surface area contributed by atoms with Gasteiger partial charge in [-0.05, 0) is 60.2 Å². The molecule has 158 valence electrons. The molecule has 30 heavy (non-hydrogen) atoms. The first kappa shape index (κ1) is 19.1. The Balaban J connectivity index is 1.75. The van der Waals surface area contributed by atoms with E-state index in [4.69, 9.17) is 23.7 Å². The molecule has 4 atom stereocenters. The maximum atomic E-state index is 12.9. The smallest absolute Gasteiger partial charge is 0.310 e. The van der Waals surface area contributed by atoms with Gasteiger partial charge >= 0.3 is 5.97 Å². The lowest BCUT2D eigenvalue weighted by Crippen LogP contribution is -2.34. The Kier molecular flexibility index (Phi) is 4.53. The van der Waals surface area contributed by atoms with E-state index in [9.17, 15) is 4.79 Å². The van der Waals surface area contributed by atoms with Gasteiger partial charge in [0.05, 0.1) is 26.7 Å². The molecule has 0 unspecified atom stereocenters. The zero-order valence-electron chi connectivity index (χ0n) is 17.7. The van der Waals surface area contributed by atoms with Crippen LogP contribution in [0.15, 0.2) is 24.3 Å². The minimum Gasteiger partial charge on any atom is -0.496 e. The predicted octanol–water partition coefficient (Wildman–Crippen LogP) is 4.17. The molecule has 2 aromatic rings. The number of carbonyl (C=O) groups excluding carboxylic acids is 1. The van der Waals surface area contributed by atoms with Crippen LogP contribution in [-0.2, 0) is 9.53 Å². The zero-order valence-corrected chi connectivity index (χ0v) is 17.7. The number of carbonyl (C=O) groups is 1. The van der Waals surface area contributed by atoms with Gasteiger partial charge in [0.2, 0.25) is 6.79 Å². The van der Waals surface area contributed by atoms with Crippen molar-refractivity contribution in [2.75, 3.05) is 27.6 Å². The largest absolute Gasteiger partial charge is 0.496 e. The van der Waals surface area contributed by atoms with Crippen LogP contribution in [0.1, 0.15) is 47.4 Å². The second-order valence-electron chi connectivity index (χ2n) is 8.20. The van der Waals surface area contributed by atoms with Crippen molar-refractivity contribution in [2.45, 2.75) is 32.1 Å². The topological polar surface area (TPSA) is 63.2 Å². The summed E-state index contributed by atoms with van der Waals surface area (Å²) in [5.41, 5.74) is 4.23. The van der Waals surface area contributed by atoms with Crippen molar-refractivity contribution in [1.82, 2.24) is 0 Å². The molecular weight excluding hydrogens is 384 g/mol. The lowest BCUT2D eigenvalue weighted by atomic mass is 9.62. The van der Waals surface area contributed by atoms with Crippen LogP contribution in [0.5, 0.6) is 23.0 Å². The fourth-order valence-electron chi connectivity index (χ4n) is 5.49. The molecule has 1 saturated heterocycles. The molecule has 0 spiro atoms. The Bertz CT molecular complexity index is 988. The van der Waals surface area contributed by atoms with Gasteiger partial charge in [0.15, 0.2) is 11.5 Å². The van der Waals surface area contributed by atoms with Gasteiger partial charge in [0.1, 0.15) is 11.5 Å². The molecule has 5 rings (SSSR count). The van der Waals surface area contributed by atoms with E-state index in [1.165, 1.54) is 5.56 Å². The Morgan fingerprint density at radius 2 is 1.60 bits per heavy atom. The summed E-state index contributed by atoms with van der Waals surface area (Å²) in [6.07, 6.45) is 0.928. The number of fused-ring (bicyclic) bond motifs is 3. The number of esters is 1. The third-order valence-electron chi connectivity index (χ3n) is 6.91. The van der Waals surface area contributed by atoms with Crippen molar-refractivity contribution in [3.63, 3.8) is 0 Å². The van der Waals surface area contributed by atoms with Gasteiger partial charge in [-0.2, -0.15) is 0 Å². The summed E-state index contributed by atoms with van der Waals surface area (Å²) in [4.78, 5) is 12.9. The van der Waals surface area contributed by atoms with Gasteiger partial charge in [-0.1, -0.05) is 6.92 Å². The molecule has 0 radical (unpaired) electrons. The van der Waals surface area contributed by atoms with E-state index in [1.54, 1.807) is 14.2 Å². The minimum absolute atomic E-state index is 0.124. The molecule has 6 heteroatoms. The summed E-state index contributed by atoms with van der Waals surface area (Å²) in [5, 5.41) is 0. The van der Waals surface area contributed by atoms with Gasteiger partial charge in [0, 0.05) is 17.4 Å². The first-order valence-corrected chi connectivity index (χ1v) is 10.4.